The summed E-state index contributed by atoms with van der Waals surface area (Å²) in [5.74, 6) is 1.04. The minimum Gasteiger partial charge on any atom is -0.391 e. The molecule has 3 aliphatic rings. The van der Waals surface area contributed by atoms with Crippen LogP contribution < -0.4 is 4.90 Å². The molecule has 1 N–H and O–H groups in total. The molecule has 0 bridgehead atoms. The second-order valence-corrected chi connectivity index (χ2v) is 8.07. The second-order valence-electron chi connectivity index (χ2n) is 8.07. The molecule has 1 unspecified atom stereocenters. The molecular weight excluding hydrogens is 346 g/mol. The molecule has 0 radical (unpaired) electrons. The number of hydrogen-bond acceptors (Lipinski definition) is 7. The number of amides is 1. The van der Waals surface area contributed by atoms with Gasteiger partial charge < -0.3 is 19.6 Å². The second kappa shape index (κ2) is 8.08. The standard InChI is InChI=1S/C19H29N5O3/c25-16-11-19(15-24(13-16)17-12-20-3-4-21-17)1-5-23(6-2-19)18(26)14-22-7-9-27-10-8-22/h3-4,12,16,25H,1-2,5-11,13-15H2. The molecule has 27 heavy (non-hydrogen) atoms. The first kappa shape index (κ1) is 18.6. The van der Waals surface area contributed by atoms with Crippen LogP contribution in [0.1, 0.15) is 19.3 Å². The molecule has 1 aromatic heterocycles. The number of aliphatic hydroxyl groups excluding tert-OH is 1. The van der Waals surface area contributed by atoms with Crippen molar-refractivity contribution in [3.8, 4) is 0 Å². The van der Waals surface area contributed by atoms with Gasteiger partial charge in [-0.1, -0.05) is 0 Å². The van der Waals surface area contributed by atoms with E-state index in [1.54, 1.807) is 18.6 Å². The summed E-state index contributed by atoms with van der Waals surface area (Å²) in [6.45, 7) is 6.60. The normalized spacial score (nSPS) is 26.3. The maximum atomic E-state index is 12.7. The van der Waals surface area contributed by atoms with E-state index >= 15 is 0 Å². The van der Waals surface area contributed by atoms with Crippen LogP contribution >= 0.6 is 0 Å². The summed E-state index contributed by atoms with van der Waals surface area (Å²) in [7, 11) is 0. The van der Waals surface area contributed by atoms with Crippen molar-refractivity contribution < 1.29 is 14.6 Å². The molecular formula is C19H29N5O3. The summed E-state index contributed by atoms with van der Waals surface area (Å²) < 4.78 is 5.35. The topological polar surface area (TPSA) is 82.0 Å². The van der Waals surface area contributed by atoms with E-state index in [1.807, 2.05) is 4.90 Å². The number of carbonyl (C=O) groups excluding carboxylic acids is 1. The average Bonchev–Trinajstić information content (AvgIpc) is 2.69. The molecule has 4 rings (SSSR count). The Bertz CT molecular complexity index is 629. The quantitative estimate of drug-likeness (QED) is 0.796. The number of rotatable bonds is 3. The highest BCUT2D eigenvalue weighted by Crippen LogP contribution is 2.40. The lowest BCUT2D eigenvalue weighted by atomic mass is 9.71. The van der Waals surface area contributed by atoms with Gasteiger partial charge in [-0.2, -0.15) is 0 Å². The molecule has 1 atom stereocenters. The van der Waals surface area contributed by atoms with Gasteiger partial charge in [0, 0.05) is 51.7 Å². The number of ether oxygens (including phenoxy) is 1. The summed E-state index contributed by atoms with van der Waals surface area (Å²) >= 11 is 0. The van der Waals surface area contributed by atoms with Crippen molar-refractivity contribution in [2.75, 3.05) is 63.9 Å². The van der Waals surface area contributed by atoms with E-state index in [1.165, 1.54) is 0 Å². The number of carbonyl (C=O) groups is 1. The lowest BCUT2D eigenvalue weighted by Crippen LogP contribution is -2.55. The summed E-state index contributed by atoms with van der Waals surface area (Å²) in [5, 5.41) is 10.5. The third-order valence-corrected chi connectivity index (χ3v) is 6.14. The van der Waals surface area contributed by atoms with Gasteiger partial charge in [0.15, 0.2) is 0 Å². The predicted octanol–water partition coefficient (Wildman–Crippen LogP) is -0.0114. The van der Waals surface area contributed by atoms with Crippen molar-refractivity contribution in [1.82, 2.24) is 19.8 Å². The number of nitrogens with zero attached hydrogens (tertiary/aromatic N) is 5. The lowest BCUT2D eigenvalue weighted by Gasteiger charge is -2.49. The Kier molecular flexibility index (Phi) is 5.56. The van der Waals surface area contributed by atoms with Gasteiger partial charge in [-0.3, -0.25) is 14.7 Å². The molecule has 3 fully saturated rings. The van der Waals surface area contributed by atoms with E-state index in [-0.39, 0.29) is 17.4 Å². The molecule has 1 amide bonds. The van der Waals surface area contributed by atoms with Crippen molar-refractivity contribution >= 4 is 11.7 Å². The van der Waals surface area contributed by atoms with Gasteiger partial charge in [0.1, 0.15) is 5.82 Å². The molecule has 148 valence electrons. The largest absolute Gasteiger partial charge is 0.391 e. The number of morpholine rings is 1. The Morgan fingerprint density at radius 1 is 1.22 bits per heavy atom. The highest BCUT2D eigenvalue weighted by molar-refractivity contribution is 5.78. The molecule has 3 aliphatic heterocycles. The Morgan fingerprint density at radius 2 is 2.00 bits per heavy atom. The van der Waals surface area contributed by atoms with Gasteiger partial charge in [0.25, 0.3) is 0 Å². The Morgan fingerprint density at radius 3 is 2.70 bits per heavy atom. The van der Waals surface area contributed by atoms with Gasteiger partial charge in [0.05, 0.1) is 32.1 Å². The Balaban J connectivity index is 1.34. The molecule has 1 spiro atoms. The third kappa shape index (κ3) is 4.39. The molecule has 3 saturated heterocycles. The SMILES string of the molecule is O=C(CN1CCOCC1)N1CCC2(CC1)CC(O)CN(c1cnccn1)C2. The summed E-state index contributed by atoms with van der Waals surface area (Å²) in [6, 6.07) is 0. The summed E-state index contributed by atoms with van der Waals surface area (Å²) in [5.41, 5.74) is 0.0466. The van der Waals surface area contributed by atoms with Crippen LogP contribution in [0.4, 0.5) is 5.82 Å². The van der Waals surface area contributed by atoms with E-state index in [9.17, 15) is 9.90 Å². The number of anilines is 1. The van der Waals surface area contributed by atoms with Crippen molar-refractivity contribution in [3.63, 3.8) is 0 Å². The van der Waals surface area contributed by atoms with E-state index in [4.69, 9.17) is 4.74 Å². The number of likely N-dealkylation sites (tertiary alicyclic amines) is 1. The van der Waals surface area contributed by atoms with Crippen LogP contribution in [0, 0.1) is 5.41 Å². The van der Waals surface area contributed by atoms with Crippen molar-refractivity contribution in [2.24, 2.45) is 5.41 Å². The van der Waals surface area contributed by atoms with E-state index < -0.39 is 0 Å². The van der Waals surface area contributed by atoms with Crippen molar-refractivity contribution in [1.29, 1.82) is 0 Å². The fraction of sp³-hybridized carbons (Fsp3) is 0.737. The lowest BCUT2D eigenvalue weighted by molar-refractivity contribution is -0.136. The van der Waals surface area contributed by atoms with Crippen LogP contribution in [0.2, 0.25) is 0 Å². The number of aliphatic hydroxyl groups is 1. The van der Waals surface area contributed by atoms with Gasteiger partial charge in [-0.15, -0.1) is 0 Å². The van der Waals surface area contributed by atoms with Gasteiger partial charge in [-0.25, -0.2) is 4.98 Å². The Hall–Kier alpha value is -1.77. The van der Waals surface area contributed by atoms with Gasteiger partial charge in [-0.05, 0) is 24.7 Å². The van der Waals surface area contributed by atoms with Crippen LogP contribution in [-0.2, 0) is 9.53 Å². The van der Waals surface area contributed by atoms with Crippen LogP contribution in [0.5, 0.6) is 0 Å². The Labute approximate surface area is 160 Å². The highest BCUT2D eigenvalue weighted by atomic mass is 16.5. The summed E-state index contributed by atoms with van der Waals surface area (Å²) in [6.07, 6.45) is 7.40. The fourth-order valence-electron chi connectivity index (χ4n) is 4.63. The number of hydrogen-bond donors (Lipinski definition) is 1. The van der Waals surface area contributed by atoms with E-state index in [2.05, 4.69) is 19.8 Å². The predicted molar refractivity (Wildman–Crippen MR) is 100 cm³/mol. The zero-order chi connectivity index (χ0) is 18.7. The number of piperidine rings is 2. The molecule has 0 aliphatic carbocycles. The average molecular weight is 375 g/mol. The molecule has 8 nitrogen and oxygen atoms in total. The van der Waals surface area contributed by atoms with Crippen LogP contribution in [0.3, 0.4) is 0 Å². The first-order valence-electron chi connectivity index (χ1n) is 9.90. The number of β-amino-alcohol motifs (C(OH)–C–C–N with tert-alkyl or cyclic N) is 1. The monoisotopic (exact) mass is 375 g/mol. The smallest absolute Gasteiger partial charge is 0.236 e. The third-order valence-electron chi connectivity index (χ3n) is 6.14. The first-order valence-corrected chi connectivity index (χ1v) is 9.90. The minimum absolute atomic E-state index is 0.0466. The molecule has 0 aromatic carbocycles. The minimum atomic E-state index is -0.364. The van der Waals surface area contributed by atoms with Gasteiger partial charge in [0.2, 0.25) is 5.91 Å². The molecule has 4 heterocycles. The zero-order valence-corrected chi connectivity index (χ0v) is 15.8. The highest BCUT2D eigenvalue weighted by Gasteiger charge is 2.42. The van der Waals surface area contributed by atoms with Crippen molar-refractivity contribution in [3.05, 3.63) is 18.6 Å². The molecule has 1 aromatic rings. The van der Waals surface area contributed by atoms with Crippen molar-refractivity contribution in [2.45, 2.75) is 25.4 Å². The molecule has 8 heteroatoms. The van der Waals surface area contributed by atoms with E-state index in [0.717, 1.165) is 57.8 Å². The van der Waals surface area contributed by atoms with Crippen LogP contribution in [0.15, 0.2) is 18.6 Å². The van der Waals surface area contributed by atoms with Crippen LogP contribution in [0.25, 0.3) is 0 Å². The summed E-state index contributed by atoms with van der Waals surface area (Å²) in [4.78, 5) is 27.5. The maximum absolute atomic E-state index is 12.7. The van der Waals surface area contributed by atoms with E-state index in [0.29, 0.717) is 26.3 Å². The molecule has 0 saturated carbocycles. The fourth-order valence-corrected chi connectivity index (χ4v) is 4.63. The first-order chi connectivity index (χ1) is 13.1. The number of aromatic nitrogens is 2. The van der Waals surface area contributed by atoms with Crippen LogP contribution in [-0.4, -0.2) is 95.9 Å². The maximum Gasteiger partial charge on any atom is 0.236 e. The van der Waals surface area contributed by atoms with Gasteiger partial charge >= 0.3 is 0 Å². The zero-order valence-electron chi connectivity index (χ0n) is 15.8.